The number of halogens is 2. The van der Waals surface area contributed by atoms with Crippen LogP contribution in [-0.2, 0) is 10.5 Å². The molecule has 30 heavy (non-hydrogen) atoms. The summed E-state index contributed by atoms with van der Waals surface area (Å²) >= 11 is 0. The molecule has 0 radical (unpaired) electrons. The van der Waals surface area contributed by atoms with Crippen molar-refractivity contribution in [2.75, 3.05) is 13.8 Å². The Bertz CT molecular complexity index is 1030. The Morgan fingerprint density at radius 1 is 1.17 bits per heavy atom. The summed E-state index contributed by atoms with van der Waals surface area (Å²) in [6, 6.07) is 13.1. The lowest BCUT2D eigenvalue weighted by Crippen LogP contribution is -2.25. The van der Waals surface area contributed by atoms with Gasteiger partial charge in [0.25, 0.3) is 5.66 Å². The van der Waals surface area contributed by atoms with Gasteiger partial charge < -0.3 is 9.84 Å². The van der Waals surface area contributed by atoms with Crippen LogP contribution in [0.5, 0.6) is 5.75 Å². The van der Waals surface area contributed by atoms with Crippen LogP contribution >= 0.6 is 9.24 Å². The van der Waals surface area contributed by atoms with Crippen LogP contribution in [0.3, 0.4) is 0 Å². The van der Waals surface area contributed by atoms with E-state index in [0.29, 0.717) is 22.7 Å². The largest absolute Gasteiger partial charge is 0.497 e. The van der Waals surface area contributed by atoms with Crippen LogP contribution in [0.15, 0.2) is 64.7 Å². The quantitative estimate of drug-likeness (QED) is 0.550. The van der Waals surface area contributed by atoms with Gasteiger partial charge in [-0.1, -0.05) is 33.5 Å². The minimum atomic E-state index is -3.00. The van der Waals surface area contributed by atoms with E-state index < -0.39 is 11.6 Å². The van der Waals surface area contributed by atoms with Crippen LogP contribution in [0.25, 0.3) is 5.70 Å². The van der Waals surface area contributed by atoms with Crippen molar-refractivity contribution in [3.63, 3.8) is 0 Å². The molecule has 0 fully saturated rings. The van der Waals surface area contributed by atoms with Crippen LogP contribution < -0.4 is 4.74 Å². The summed E-state index contributed by atoms with van der Waals surface area (Å²) in [7, 11) is 3.08. The molecule has 0 amide bonds. The number of methoxy groups -OCH3 is 1. The highest BCUT2D eigenvalue weighted by molar-refractivity contribution is 7.17. The van der Waals surface area contributed by atoms with Gasteiger partial charge in [0, 0.05) is 11.1 Å². The van der Waals surface area contributed by atoms with Gasteiger partial charge in [0.15, 0.2) is 0 Å². The molecular weight excluding hydrogens is 411 g/mol. The van der Waals surface area contributed by atoms with Crippen molar-refractivity contribution >= 4 is 32.3 Å². The van der Waals surface area contributed by atoms with E-state index in [1.54, 1.807) is 37.5 Å². The maximum atomic E-state index is 13.5. The number of nitrogens with zero attached hydrogens (tertiary/aromatic N) is 3. The number of carboxylic acids is 1. The zero-order valence-electron chi connectivity index (χ0n) is 16.3. The molecule has 0 saturated heterocycles. The van der Waals surface area contributed by atoms with E-state index in [-0.39, 0.29) is 17.9 Å². The van der Waals surface area contributed by atoms with Crippen molar-refractivity contribution in [3.8, 4) is 5.75 Å². The van der Waals surface area contributed by atoms with E-state index in [9.17, 15) is 13.6 Å². The molecule has 0 aromatic heterocycles. The molecule has 1 aliphatic rings. The third-order valence-corrected chi connectivity index (χ3v) is 4.79. The first-order chi connectivity index (χ1) is 14.2. The first kappa shape index (κ1) is 21.6. The van der Waals surface area contributed by atoms with Gasteiger partial charge in [0.1, 0.15) is 18.1 Å². The van der Waals surface area contributed by atoms with Crippen molar-refractivity contribution in [3.05, 3.63) is 71.3 Å². The molecule has 0 bridgehead atoms. The molecule has 1 atom stereocenters. The van der Waals surface area contributed by atoms with E-state index >= 15 is 0 Å². The van der Waals surface area contributed by atoms with Crippen LogP contribution in [-0.4, -0.2) is 41.3 Å². The van der Waals surface area contributed by atoms with Crippen molar-refractivity contribution in [1.29, 1.82) is 0 Å². The van der Waals surface area contributed by atoms with E-state index in [0.717, 1.165) is 5.56 Å². The number of aliphatic carboxylic acids is 1. The number of aliphatic imine (C=N–C) groups is 1. The van der Waals surface area contributed by atoms with E-state index in [2.05, 4.69) is 10.1 Å². The molecule has 9 heteroatoms. The van der Waals surface area contributed by atoms with Gasteiger partial charge in [-0.2, -0.15) is 13.9 Å². The predicted molar refractivity (Wildman–Crippen MR) is 115 cm³/mol. The van der Waals surface area contributed by atoms with Gasteiger partial charge in [-0.05, 0) is 42.8 Å². The molecule has 1 unspecified atom stereocenters. The lowest BCUT2D eigenvalue weighted by molar-refractivity contribution is -0.129. The number of hydrazone groups is 1. The Hall–Kier alpha value is -3.12. The topological polar surface area (TPSA) is 74.5 Å². The van der Waals surface area contributed by atoms with Gasteiger partial charge >= 0.3 is 5.97 Å². The van der Waals surface area contributed by atoms with Crippen LogP contribution in [0.1, 0.15) is 23.6 Å². The number of allylic oxidation sites excluding steroid dienone is 1. The van der Waals surface area contributed by atoms with Gasteiger partial charge in [0.2, 0.25) is 0 Å². The second-order valence-corrected chi connectivity index (χ2v) is 7.26. The van der Waals surface area contributed by atoms with Gasteiger partial charge in [-0.25, -0.2) is 9.80 Å². The summed E-state index contributed by atoms with van der Waals surface area (Å²) in [5, 5.41) is 14.8. The second kappa shape index (κ2) is 8.71. The SMILES string of the molecule is COc1ccc(C2=CC(c3ccc(C(F)(F)P)cc3)=NCN2/N=C(\C)C(=O)O)cc1. The normalized spacial score (nSPS) is 14.8. The first-order valence-electron chi connectivity index (χ1n) is 8.93. The monoisotopic (exact) mass is 431 g/mol. The number of ether oxygens (including phenoxy) is 1. The highest BCUT2D eigenvalue weighted by Gasteiger charge is 2.25. The smallest absolute Gasteiger partial charge is 0.351 e. The van der Waals surface area contributed by atoms with E-state index in [1.807, 2.05) is 12.1 Å². The van der Waals surface area contributed by atoms with Crippen molar-refractivity contribution in [2.45, 2.75) is 12.6 Å². The summed E-state index contributed by atoms with van der Waals surface area (Å²) in [6.45, 7) is 1.48. The molecule has 156 valence electrons. The Balaban J connectivity index is 2.00. The Kier molecular flexibility index (Phi) is 6.27. The Labute approximate surface area is 174 Å². The third kappa shape index (κ3) is 4.89. The molecule has 3 rings (SSSR count). The highest BCUT2D eigenvalue weighted by atomic mass is 31.0. The molecule has 1 aliphatic heterocycles. The summed E-state index contributed by atoms with van der Waals surface area (Å²) in [4.78, 5) is 15.6. The lowest BCUT2D eigenvalue weighted by atomic mass is 10.0. The number of rotatable bonds is 6. The maximum absolute atomic E-state index is 13.5. The minimum absolute atomic E-state index is 0.0827. The molecule has 0 saturated carbocycles. The van der Waals surface area contributed by atoms with Crippen molar-refractivity contribution in [1.82, 2.24) is 5.01 Å². The highest BCUT2D eigenvalue weighted by Crippen LogP contribution is 2.35. The molecule has 0 spiro atoms. The number of alkyl halides is 2. The molecule has 2 aromatic rings. The number of carboxylic acid groups (broad SMARTS) is 1. The zero-order valence-corrected chi connectivity index (χ0v) is 17.5. The summed E-state index contributed by atoms with van der Waals surface area (Å²) in [5.41, 5.74) is -0.550. The molecular formula is C21H20F2N3O3P. The fraction of sp³-hybridized carbons (Fsp3) is 0.190. The molecule has 6 nitrogen and oxygen atoms in total. The fourth-order valence-electron chi connectivity index (χ4n) is 2.81. The molecule has 1 N–H and O–H groups in total. The van der Waals surface area contributed by atoms with E-state index in [1.165, 1.54) is 33.3 Å². The van der Waals surface area contributed by atoms with Gasteiger partial charge in [-0.15, -0.1) is 0 Å². The first-order valence-corrected chi connectivity index (χ1v) is 9.51. The Morgan fingerprint density at radius 3 is 2.30 bits per heavy atom. The van der Waals surface area contributed by atoms with Crippen LogP contribution in [0, 0.1) is 0 Å². The number of hydrogen-bond acceptors (Lipinski definition) is 5. The number of hydrogen-bond donors (Lipinski definition) is 1. The molecule has 1 heterocycles. The van der Waals surface area contributed by atoms with Crippen LogP contribution in [0.2, 0.25) is 0 Å². The minimum Gasteiger partial charge on any atom is -0.497 e. The second-order valence-electron chi connectivity index (χ2n) is 6.53. The molecule has 2 aromatic carbocycles. The Morgan fingerprint density at radius 2 is 1.77 bits per heavy atom. The zero-order chi connectivity index (χ0) is 21.9. The van der Waals surface area contributed by atoms with Crippen LogP contribution in [0.4, 0.5) is 8.78 Å². The number of carbonyl (C=O) groups is 1. The average Bonchev–Trinajstić information content (AvgIpc) is 2.73. The van der Waals surface area contributed by atoms with Crippen molar-refractivity contribution in [2.24, 2.45) is 10.1 Å². The fourth-order valence-corrected chi connectivity index (χ4v) is 3.00. The standard InChI is InChI=1S/C21H20F2N3O3P/c1-13(20(27)28)25-26-12-24-18(14-3-7-16(8-4-14)21(22,23)30)11-19(26)15-5-9-17(29-2)10-6-15/h3-11H,12,30H2,1-2H3,(H,27,28)/b25-13+. The maximum Gasteiger partial charge on any atom is 0.351 e. The predicted octanol–water partition coefficient (Wildman–Crippen LogP) is 4.18. The summed E-state index contributed by atoms with van der Waals surface area (Å²) < 4.78 is 32.1. The van der Waals surface area contributed by atoms with Gasteiger partial charge in [-0.3, -0.25) is 4.99 Å². The third-order valence-electron chi connectivity index (χ3n) is 4.46. The number of benzene rings is 2. The molecule has 0 aliphatic carbocycles. The lowest BCUT2D eigenvalue weighted by Gasteiger charge is -2.25. The van der Waals surface area contributed by atoms with Gasteiger partial charge in [0.05, 0.1) is 18.5 Å². The van der Waals surface area contributed by atoms with Crippen molar-refractivity contribution < 1.29 is 23.4 Å². The summed E-state index contributed by atoms with van der Waals surface area (Å²) in [6.07, 6.45) is 1.75. The summed E-state index contributed by atoms with van der Waals surface area (Å²) in [5.74, 6) is -0.456. The van der Waals surface area contributed by atoms with E-state index in [4.69, 9.17) is 9.84 Å². The average molecular weight is 431 g/mol.